The number of hydrogen-bond acceptors (Lipinski definition) is 6. The number of aliphatic hydroxyl groups excluding tert-OH is 1. The molecule has 2 aliphatic rings. The van der Waals surface area contributed by atoms with E-state index in [9.17, 15) is 20.0 Å². The average molecular weight is 385 g/mol. The van der Waals surface area contributed by atoms with Gasteiger partial charge < -0.3 is 20.2 Å². The maximum atomic E-state index is 12.3. The van der Waals surface area contributed by atoms with Crippen LogP contribution in [0.4, 0.5) is 5.82 Å². The third-order valence-electron chi connectivity index (χ3n) is 5.43. The van der Waals surface area contributed by atoms with E-state index in [0.29, 0.717) is 37.6 Å². The molecule has 0 bridgehead atoms. The van der Waals surface area contributed by atoms with Crippen molar-refractivity contribution in [2.75, 3.05) is 37.6 Å². The molecular weight excluding hydrogens is 358 g/mol. The molecule has 0 saturated carbocycles. The van der Waals surface area contributed by atoms with Gasteiger partial charge in [-0.15, -0.1) is 0 Å². The number of rotatable bonds is 3. The van der Waals surface area contributed by atoms with Gasteiger partial charge in [0.1, 0.15) is 11.9 Å². The van der Waals surface area contributed by atoms with E-state index in [1.54, 1.807) is 6.92 Å². The summed E-state index contributed by atoms with van der Waals surface area (Å²) in [5.74, 6) is -0.587. The summed E-state index contributed by atoms with van der Waals surface area (Å²) in [7, 11) is 0. The van der Waals surface area contributed by atoms with E-state index in [2.05, 4.69) is 11.4 Å². The van der Waals surface area contributed by atoms with Crippen LogP contribution in [-0.4, -0.2) is 65.6 Å². The van der Waals surface area contributed by atoms with Crippen LogP contribution in [-0.2, 0) is 22.4 Å². The van der Waals surface area contributed by atoms with Gasteiger partial charge in [0.25, 0.3) is 0 Å². The van der Waals surface area contributed by atoms with Crippen molar-refractivity contribution in [3.8, 4) is 6.07 Å². The zero-order valence-electron chi connectivity index (χ0n) is 16.5. The maximum absolute atomic E-state index is 12.3. The number of anilines is 1. The van der Waals surface area contributed by atoms with Crippen LogP contribution in [0.2, 0.25) is 0 Å². The predicted octanol–water partition coefficient (Wildman–Crippen LogP) is 0.286. The van der Waals surface area contributed by atoms with Crippen molar-refractivity contribution in [2.24, 2.45) is 0 Å². The van der Waals surface area contributed by atoms with Crippen LogP contribution in [0, 0.1) is 18.3 Å². The van der Waals surface area contributed by atoms with Crippen molar-refractivity contribution in [1.29, 1.82) is 5.26 Å². The van der Waals surface area contributed by atoms with Crippen molar-refractivity contribution in [2.45, 2.75) is 45.6 Å². The Labute approximate surface area is 165 Å². The summed E-state index contributed by atoms with van der Waals surface area (Å²) in [4.78, 5) is 32.5. The minimum Gasteiger partial charge on any atom is -0.392 e. The Morgan fingerprint density at radius 3 is 2.46 bits per heavy atom. The van der Waals surface area contributed by atoms with Crippen LogP contribution in [0.25, 0.3) is 0 Å². The minimum absolute atomic E-state index is 0.0500. The van der Waals surface area contributed by atoms with E-state index in [-0.39, 0.29) is 6.54 Å². The minimum atomic E-state index is -0.699. The standard InChI is InChI=1S/C20H27N5O3/c1-13(26)12-22-19(27)20(28)25-9-7-24(8-10-25)18-17(11-21)16-6-4-3-5-15(16)14(2)23-18/h13,26H,3-10,12H2,1-2H3,(H,22,27)/t13-/m0/s1. The van der Waals surface area contributed by atoms with E-state index in [1.165, 1.54) is 10.5 Å². The normalized spacial score (nSPS) is 17.5. The molecule has 1 aliphatic heterocycles. The van der Waals surface area contributed by atoms with E-state index in [0.717, 1.165) is 36.9 Å². The summed E-state index contributed by atoms with van der Waals surface area (Å²) in [6, 6.07) is 2.36. The quantitative estimate of drug-likeness (QED) is 0.724. The Kier molecular flexibility index (Phi) is 6.15. The van der Waals surface area contributed by atoms with E-state index < -0.39 is 17.9 Å². The van der Waals surface area contributed by atoms with Crippen molar-refractivity contribution >= 4 is 17.6 Å². The summed E-state index contributed by atoms with van der Waals surface area (Å²) in [5.41, 5.74) is 4.00. The second-order valence-electron chi connectivity index (χ2n) is 7.51. The fraction of sp³-hybridized carbons (Fsp3) is 0.600. The molecule has 1 fully saturated rings. The smallest absolute Gasteiger partial charge is 0.312 e. The predicted molar refractivity (Wildman–Crippen MR) is 104 cm³/mol. The Hall–Kier alpha value is -2.66. The molecule has 1 aromatic rings. The summed E-state index contributed by atoms with van der Waals surface area (Å²) >= 11 is 0. The van der Waals surface area contributed by atoms with Gasteiger partial charge in [0.2, 0.25) is 0 Å². The molecular formula is C20H27N5O3. The number of carbonyl (C=O) groups excluding carboxylic acids is 2. The maximum Gasteiger partial charge on any atom is 0.312 e. The largest absolute Gasteiger partial charge is 0.392 e. The number of aliphatic hydroxyl groups is 1. The second-order valence-corrected chi connectivity index (χ2v) is 7.51. The van der Waals surface area contributed by atoms with Gasteiger partial charge in [-0.2, -0.15) is 5.26 Å². The third kappa shape index (κ3) is 4.09. The lowest BCUT2D eigenvalue weighted by atomic mass is 9.88. The summed E-state index contributed by atoms with van der Waals surface area (Å²) in [5, 5.41) is 21.4. The molecule has 1 atom stereocenters. The lowest BCUT2D eigenvalue weighted by molar-refractivity contribution is -0.146. The molecule has 0 aromatic carbocycles. The fourth-order valence-electron chi connectivity index (χ4n) is 3.92. The molecule has 8 nitrogen and oxygen atoms in total. The third-order valence-corrected chi connectivity index (χ3v) is 5.43. The van der Waals surface area contributed by atoms with Crippen molar-refractivity contribution < 1.29 is 14.7 Å². The number of nitrogens with zero attached hydrogens (tertiary/aromatic N) is 4. The van der Waals surface area contributed by atoms with Gasteiger partial charge in [-0.3, -0.25) is 9.59 Å². The van der Waals surface area contributed by atoms with Crippen LogP contribution in [0.3, 0.4) is 0 Å². The van der Waals surface area contributed by atoms with Crippen LogP contribution >= 0.6 is 0 Å². The number of fused-ring (bicyclic) bond motifs is 1. The first-order chi connectivity index (χ1) is 13.4. The highest BCUT2D eigenvalue weighted by Crippen LogP contribution is 2.32. The Morgan fingerprint density at radius 1 is 1.21 bits per heavy atom. The first-order valence-corrected chi connectivity index (χ1v) is 9.85. The first-order valence-electron chi connectivity index (χ1n) is 9.85. The molecule has 150 valence electrons. The monoisotopic (exact) mass is 385 g/mol. The second kappa shape index (κ2) is 8.57. The molecule has 2 amide bonds. The Morgan fingerprint density at radius 2 is 1.86 bits per heavy atom. The zero-order valence-corrected chi connectivity index (χ0v) is 16.5. The zero-order chi connectivity index (χ0) is 20.3. The van der Waals surface area contributed by atoms with Gasteiger partial charge in [0.15, 0.2) is 0 Å². The lowest BCUT2D eigenvalue weighted by Gasteiger charge is -2.36. The molecule has 3 rings (SSSR count). The average Bonchev–Trinajstić information content (AvgIpc) is 2.71. The molecule has 28 heavy (non-hydrogen) atoms. The van der Waals surface area contributed by atoms with Crippen molar-refractivity contribution in [3.63, 3.8) is 0 Å². The van der Waals surface area contributed by atoms with Crippen LogP contribution in [0.15, 0.2) is 0 Å². The molecule has 0 radical (unpaired) electrons. The first kappa shape index (κ1) is 20.1. The number of carbonyl (C=O) groups is 2. The molecule has 8 heteroatoms. The van der Waals surface area contributed by atoms with Gasteiger partial charge in [-0.1, -0.05) is 0 Å². The van der Waals surface area contributed by atoms with Gasteiger partial charge >= 0.3 is 11.8 Å². The Bertz CT molecular complexity index is 807. The van der Waals surface area contributed by atoms with E-state index in [4.69, 9.17) is 4.98 Å². The molecule has 1 saturated heterocycles. The fourth-order valence-corrected chi connectivity index (χ4v) is 3.92. The Balaban J connectivity index is 1.70. The number of aryl methyl sites for hydroxylation is 1. The number of pyridine rings is 1. The molecule has 0 unspecified atom stereocenters. The molecule has 0 spiro atoms. The van der Waals surface area contributed by atoms with Crippen molar-refractivity contribution in [3.05, 3.63) is 22.4 Å². The van der Waals surface area contributed by atoms with Gasteiger partial charge in [0, 0.05) is 38.4 Å². The van der Waals surface area contributed by atoms with Crippen LogP contribution < -0.4 is 10.2 Å². The van der Waals surface area contributed by atoms with E-state index in [1.807, 2.05) is 11.8 Å². The summed E-state index contributed by atoms with van der Waals surface area (Å²) in [6.07, 6.45) is 3.42. The highest BCUT2D eigenvalue weighted by atomic mass is 16.3. The number of hydrogen-bond donors (Lipinski definition) is 2. The molecule has 1 aromatic heterocycles. The van der Waals surface area contributed by atoms with Gasteiger partial charge in [0.05, 0.1) is 11.7 Å². The van der Waals surface area contributed by atoms with Gasteiger partial charge in [-0.25, -0.2) is 4.98 Å². The summed E-state index contributed by atoms with van der Waals surface area (Å²) in [6.45, 7) is 5.43. The molecule has 2 N–H and O–H groups in total. The van der Waals surface area contributed by atoms with E-state index >= 15 is 0 Å². The SMILES string of the molecule is Cc1nc(N2CCN(C(=O)C(=O)NC[C@H](C)O)CC2)c(C#N)c2c1CCCC2. The highest BCUT2D eigenvalue weighted by Gasteiger charge is 2.29. The number of aromatic nitrogens is 1. The highest BCUT2D eigenvalue weighted by molar-refractivity contribution is 6.35. The van der Waals surface area contributed by atoms with Crippen LogP contribution in [0.1, 0.15) is 42.1 Å². The topological polar surface area (TPSA) is 110 Å². The van der Waals surface area contributed by atoms with Crippen LogP contribution in [0.5, 0.6) is 0 Å². The number of amides is 2. The number of piperazine rings is 1. The van der Waals surface area contributed by atoms with Gasteiger partial charge in [-0.05, 0) is 50.7 Å². The number of nitrogens with one attached hydrogen (secondary N) is 1. The van der Waals surface area contributed by atoms with Crippen molar-refractivity contribution in [1.82, 2.24) is 15.2 Å². The molecule has 1 aliphatic carbocycles. The number of nitriles is 1. The lowest BCUT2D eigenvalue weighted by Crippen LogP contribution is -2.53. The summed E-state index contributed by atoms with van der Waals surface area (Å²) < 4.78 is 0. The molecule has 2 heterocycles.